The van der Waals surface area contributed by atoms with E-state index in [-0.39, 0.29) is 12.3 Å². The lowest BCUT2D eigenvalue weighted by Crippen LogP contribution is -2.37. The van der Waals surface area contributed by atoms with Crippen molar-refractivity contribution in [3.63, 3.8) is 0 Å². The summed E-state index contributed by atoms with van der Waals surface area (Å²) in [7, 11) is 0. The van der Waals surface area contributed by atoms with E-state index in [0.717, 1.165) is 12.8 Å². The van der Waals surface area contributed by atoms with Gasteiger partial charge in [0.1, 0.15) is 0 Å². The zero-order valence-electron chi connectivity index (χ0n) is 15.4. The number of carbonyl (C=O) groups excluding carboxylic acids is 1. The third kappa shape index (κ3) is 16.0. The molecule has 0 aliphatic carbocycles. The SMILES string of the molecule is CCCCCCCCC=CCCCCCCCC(=O)C(N)CN. The number of ketones is 1. The van der Waals surface area contributed by atoms with E-state index in [2.05, 4.69) is 19.1 Å². The van der Waals surface area contributed by atoms with E-state index >= 15 is 0 Å². The Balaban J connectivity index is 3.21. The van der Waals surface area contributed by atoms with Crippen LogP contribution >= 0.6 is 0 Å². The summed E-state index contributed by atoms with van der Waals surface area (Å²) in [5.41, 5.74) is 11.0. The van der Waals surface area contributed by atoms with Gasteiger partial charge in [0, 0.05) is 13.0 Å². The zero-order chi connectivity index (χ0) is 17.2. The van der Waals surface area contributed by atoms with Crippen LogP contribution < -0.4 is 11.5 Å². The van der Waals surface area contributed by atoms with Crippen molar-refractivity contribution in [2.75, 3.05) is 6.54 Å². The first-order valence-electron chi connectivity index (χ1n) is 9.85. The van der Waals surface area contributed by atoms with Crippen LogP contribution in [0.25, 0.3) is 0 Å². The van der Waals surface area contributed by atoms with Crippen LogP contribution in [-0.2, 0) is 4.79 Å². The van der Waals surface area contributed by atoms with E-state index in [1.165, 1.54) is 70.6 Å². The lowest BCUT2D eigenvalue weighted by Gasteiger charge is -2.06. The average Bonchev–Trinajstić information content (AvgIpc) is 2.57. The number of nitrogens with two attached hydrogens (primary N) is 2. The van der Waals surface area contributed by atoms with Crippen molar-refractivity contribution in [1.29, 1.82) is 0 Å². The quantitative estimate of drug-likeness (QED) is 0.296. The second-order valence-corrected chi connectivity index (χ2v) is 6.64. The second-order valence-electron chi connectivity index (χ2n) is 6.64. The second kappa shape index (κ2) is 17.7. The van der Waals surface area contributed by atoms with Crippen LogP contribution in [0.5, 0.6) is 0 Å². The maximum absolute atomic E-state index is 11.5. The molecule has 1 unspecified atom stereocenters. The maximum atomic E-state index is 11.5. The Hall–Kier alpha value is -0.670. The molecule has 136 valence electrons. The minimum atomic E-state index is -0.452. The number of hydrogen-bond acceptors (Lipinski definition) is 3. The number of Topliss-reactive ketones (excluding diaryl/α,β-unsaturated/α-hetero) is 1. The Morgan fingerprint density at radius 3 is 1.83 bits per heavy atom. The fourth-order valence-corrected chi connectivity index (χ4v) is 2.69. The van der Waals surface area contributed by atoms with Crippen LogP contribution in [0.3, 0.4) is 0 Å². The molecule has 1 atom stereocenters. The lowest BCUT2D eigenvalue weighted by molar-refractivity contribution is -0.120. The molecule has 0 spiro atoms. The van der Waals surface area contributed by atoms with Gasteiger partial charge in [-0.05, 0) is 32.1 Å². The molecule has 4 N–H and O–H groups in total. The molecule has 0 amide bonds. The topological polar surface area (TPSA) is 69.1 Å². The van der Waals surface area contributed by atoms with Gasteiger partial charge in [-0.1, -0.05) is 70.4 Å². The molecule has 0 heterocycles. The third-order valence-corrected chi connectivity index (χ3v) is 4.35. The van der Waals surface area contributed by atoms with Crippen LogP contribution in [0.2, 0.25) is 0 Å². The van der Waals surface area contributed by atoms with Crippen molar-refractivity contribution in [2.45, 2.75) is 103 Å². The average molecular weight is 325 g/mol. The molecule has 0 aliphatic heterocycles. The van der Waals surface area contributed by atoms with Gasteiger partial charge in [0.2, 0.25) is 0 Å². The molecular weight excluding hydrogens is 284 g/mol. The van der Waals surface area contributed by atoms with E-state index in [9.17, 15) is 4.79 Å². The summed E-state index contributed by atoms with van der Waals surface area (Å²) in [5.74, 6) is 0.116. The molecule has 0 aromatic rings. The number of carbonyl (C=O) groups is 1. The first kappa shape index (κ1) is 22.3. The molecule has 0 saturated carbocycles. The maximum Gasteiger partial charge on any atom is 0.150 e. The van der Waals surface area contributed by atoms with Crippen molar-refractivity contribution in [1.82, 2.24) is 0 Å². The lowest BCUT2D eigenvalue weighted by atomic mass is 10.0. The number of unbranched alkanes of at least 4 members (excludes halogenated alkanes) is 11. The van der Waals surface area contributed by atoms with Gasteiger partial charge < -0.3 is 11.5 Å². The molecule has 3 nitrogen and oxygen atoms in total. The third-order valence-electron chi connectivity index (χ3n) is 4.35. The highest BCUT2D eigenvalue weighted by Crippen LogP contribution is 2.10. The van der Waals surface area contributed by atoms with E-state index in [4.69, 9.17) is 11.5 Å². The van der Waals surface area contributed by atoms with Crippen molar-refractivity contribution >= 4 is 5.78 Å². The first-order chi connectivity index (χ1) is 11.2. The van der Waals surface area contributed by atoms with Gasteiger partial charge in [0.25, 0.3) is 0 Å². The summed E-state index contributed by atoms with van der Waals surface area (Å²) >= 11 is 0. The number of allylic oxidation sites excluding steroid dienone is 2. The Kier molecular flexibility index (Phi) is 17.2. The summed E-state index contributed by atoms with van der Waals surface area (Å²) < 4.78 is 0. The summed E-state index contributed by atoms with van der Waals surface area (Å²) in [4.78, 5) is 11.5. The van der Waals surface area contributed by atoms with Crippen LogP contribution in [0.4, 0.5) is 0 Å². The van der Waals surface area contributed by atoms with Crippen LogP contribution in [0, 0.1) is 0 Å². The molecule has 0 bridgehead atoms. The number of rotatable bonds is 17. The first-order valence-corrected chi connectivity index (χ1v) is 9.85. The van der Waals surface area contributed by atoms with Gasteiger partial charge >= 0.3 is 0 Å². The molecule has 0 aliphatic rings. The van der Waals surface area contributed by atoms with Crippen LogP contribution in [0.15, 0.2) is 12.2 Å². The molecule has 0 rings (SSSR count). The standard InChI is InChI=1S/C20H40N2O/c1-2-3-4-5-6-7-8-9-10-11-12-13-14-15-16-17-20(23)19(22)18-21/h9-10,19H,2-8,11-18,21-22H2,1H3. The monoisotopic (exact) mass is 324 g/mol. The van der Waals surface area contributed by atoms with Gasteiger partial charge in [-0.3, -0.25) is 4.79 Å². The van der Waals surface area contributed by atoms with E-state index in [1.807, 2.05) is 0 Å². The van der Waals surface area contributed by atoms with E-state index in [0.29, 0.717) is 6.42 Å². The molecular formula is C20H40N2O. The fourth-order valence-electron chi connectivity index (χ4n) is 2.69. The predicted octanol–water partition coefficient (Wildman–Crippen LogP) is 4.88. The molecule has 0 fully saturated rings. The van der Waals surface area contributed by atoms with Gasteiger partial charge in [-0.2, -0.15) is 0 Å². The van der Waals surface area contributed by atoms with Gasteiger partial charge in [0.05, 0.1) is 6.04 Å². The van der Waals surface area contributed by atoms with Crippen molar-refractivity contribution in [3.05, 3.63) is 12.2 Å². The molecule has 23 heavy (non-hydrogen) atoms. The van der Waals surface area contributed by atoms with E-state index < -0.39 is 6.04 Å². The molecule has 0 radical (unpaired) electrons. The largest absolute Gasteiger partial charge is 0.328 e. The minimum Gasteiger partial charge on any atom is -0.328 e. The Morgan fingerprint density at radius 1 is 0.826 bits per heavy atom. The minimum absolute atomic E-state index is 0.116. The highest BCUT2D eigenvalue weighted by molar-refractivity contribution is 5.83. The zero-order valence-corrected chi connectivity index (χ0v) is 15.4. The Labute approximate surface area is 144 Å². The molecule has 3 heteroatoms. The summed E-state index contributed by atoms with van der Waals surface area (Å²) in [5, 5.41) is 0. The number of hydrogen-bond donors (Lipinski definition) is 2. The predicted molar refractivity (Wildman–Crippen MR) is 101 cm³/mol. The summed E-state index contributed by atoms with van der Waals surface area (Å²) in [6, 6.07) is -0.452. The van der Waals surface area contributed by atoms with Gasteiger partial charge in [-0.25, -0.2) is 0 Å². The van der Waals surface area contributed by atoms with E-state index in [1.54, 1.807) is 0 Å². The Bertz CT molecular complexity index is 289. The molecule has 0 aromatic carbocycles. The highest BCUT2D eigenvalue weighted by Gasteiger charge is 2.09. The van der Waals surface area contributed by atoms with Crippen LogP contribution in [-0.4, -0.2) is 18.4 Å². The Morgan fingerprint density at radius 2 is 1.30 bits per heavy atom. The highest BCUT2D eigenvalue weighted by atomic mass is 16.1. The van der Waals surface area contributed by atoms with Gasteiger partial charge in [-0.15, -0.1) is 0 Å². The summed E-state index contributed by atoms with van der Waals surface area (Å²) in [6.07, 6.45) is 21.8. The normalized spacial score (nSPS) is 12.8. The van der Waals surface area contributed by atoms with Crippen molar-refractivity contribution < 1.29 is 4.79 Å². The smallest absolute Gasteiger partial charge is 0.150 e. The molecule has 0 saturated heterocycles. The van der Waals surface area contributed by atoms with Crippen molar-refractivity contribution in [2.24, 2.45) is 11.5 Å². The van der Waals surface area contributed by atoms with Crippen LogP contribution in [0.1, 0.15) is 96.8 Å². The summed E-state index contributed by atoms with van der Waals surface area (Å²) in [6.45, 7) is 2.53. The fraction of sp³-hybridized carbons (Fsp3) is 0.850. The van der Waals surface area contributed by atoms with Crippen molar-refractivity contribution in [3.8, 4) is 0 Å². The van der Waals surface area contributed by atoms with Gasteiger partial charge in [0.15, 0.2) is 5.78 Å². The molecule has 0 aromatic heterocycles.